The Balaban J connectivity index is 0.703. The minimum absolute atomic E-state index is 0.0904. The quantitative estimate of drug-likeness (QED) is 0.198. The average Bonchev–Trinajstić information content (AvgIpc) is 3.96. The Morgan fingerprint density at radius 1 is 0.839 bits per heavy atom. The molecule has 1 aromatic heterocycles. The van der Waals surface area contributed by atoms with Gasteiger partial charge in [-0.25, -0.2) is 0 Å². The number of ether oxygens (including phenoxy) is 1. The summed E-state index contributed by atoms with van der Waals surface area (Å²) in [5.74, 6) is -1.37. The van der Waals surface area contributed by atoms with E-state index in [1.54, 1.807) is 11.0 Å². The summed E-state index contributed by atoms with van der Waals surface area (Å²) in [5.41, 5.74) is 5.53. The van der Waals surface area contributed by atoms with Gasteiger partial charge in [-0.3, -0.25) is 49.0 Å². The van der Waals surface area contributed by atoms with Crippen molar-refractivity contribution in [3.63, 3.8) is 0 Å². The smallest absolute Gasteiger partial charge is 0.262 e. The van der Waals surface area contributed by atoms with Crippen molar-refractivity contribution in [2.24, 2.45) is 5.92 Å². The van der Waals surface area contributed by atoms with E-state index < -0.39 is 35.8 Å². The number of nitrogens with zero attached hydrogens (tertiary/aromatic N) is 6. The number of fused-ring (bicyclic) bond motifs is 5. The Labute approximate surface area is 358 Å². The third kappa shape index (κ3) is 7.19. The molecule has 3 N–H and O–H groups in total. The van der Waals surface area contributed by atoms with E-state index in [1.165, 1.54) is 7.11 Å². The average molecular weight is 840 g/mol. The lowest BCUT2D eigenvalue weighted by Crippen LogP contribution is -2.63. The fourth-order valence-corrected chi connectivity index (χ4v) is 10.4. The summed E-state index contributed by atoms with van der Waals surface area (Å²) < 4.78 is 5.56. The van der Waals surface area contributed by atoms with Crippen LogP contribution in [0.3, 0.4) is 0 Å². The molecular weight excluding hydrogens is 791 g/mol. The summed E-state index contributed by atoms with van der Waals surface area (Å²) in [5, 5.41) is 12.5. The minimum atomic E-state index is -0.977. The molecule has 0 spiro atoms. The molecule has 5 fully saturated rings. The Morgan fingerprint density at radius 3 is 2.31 bits per heavy atom. The lowest BCUT2D eigenvalue weighted by atomic mass is 9.87. The van der Waals surface area contributed by atoms with Gasteiger partial charge in [0.05, 0.1) is 29.9 Å². The number of hydrogen-bond acceptors (Lipinski definition) is 11. The summed E-state index contributed by atoms with van der Waals surface area (Å²) in [6.45, 7) is 5.39. The van der Waals surface area contributed by atoms with Crippen molar-refractivity contribution in [2.75, 3.05) is 55.0 Å². The second-order valence-corrected chi connectivity index (χ2v) is 17.3. The van der Waals surface area contributed by atoms with Gasteiger partial charge in [0.2, 0.25) is 11.8 Å². The number of carbonyl (C=O) groups excluding carboxylic acids is 6. The van der Waals surface area contributed by atoms with Crippen molar-refractivity contribution < 1.29 is 33.5 Å². The molecule has 0 radical (unpaired) electrons. The zero-order valence-electron chi connectivity index (χ0n) is 34.5. The highest BCUT2D eigenvalue weighted by Gasteiger charge is 2.46. The predicted octanol–water partition coefficient (Wildman–Crippen LogP) is 3.86. The molecule has 4 aromatic rings. The zero-order valence-corrected chi connectivity index (χ0v) is 34.5. The van der Waals surface area contributed by atoms with Gasteiger partial charge in [-0.1, -0.05) is 30.3 Å². The van der Waals surface area contributed by atoms with Crippen LogP contribution in [0, 0.1) is 5.92 Å². The number of piperazine rings is 1. The maximum Gasteiger partial charge on any atom is 0.262 e. The first kappa shape index (κ1) is 39.7. The van der Waals surface area contributed by atoms with Crippen LogP contribution in [0.4, 0.5) is 17.2 Å². The lowest BCUT2D eigenvalue weighted by molar-refractivity contribution is -0.143. The SMILES string of the molecule is COC(C(=O)N1Cc2[nH]nc(NC(=O)c3ccc(N4CCC(CN5CC6CCC5CN6c5ccc6c(c5)C(=O)N(C5CCC(=O)NC5=O)C6=O)CC4)cc3)c2C1)c1ccccc1. The zero-order chi connectivity index (χ0) is 42.6. The number of hydrogen-bond donors (Lipinski definition) is 3. The number of methoxy groups -OCH3 is 1. The van der Waals surface area contributed by atoms with Crippen LogP contribution < -0.4 is 20.4 Å². The maximum absolute atomic E-state index is 13.5. The molecule has 11 rings (SSSR count). The summed E-state index contributed by atoms with van der Waals surface area (Å²) in [7, 11) is 1.53. The summed E-state index contributed by atoms with van der Waals surface area (Å²) in [4.78, 5) is 87.9. The second kappa shape index (κ2) is 16.1. The van der Waals surface area contributed by atoms with Crippen molar-refractivity contribution in [3.05, 3.63) is 106 Å². The van der Waals surface area contributed by atoms with Crippen LogP contribution in [-0.4, -0.2) is 118 Å². The van der Waals surface area contributed by atoms with Crippen LogP contribution in [0.1, 0.15) is 92.5 Å². The molecule has 7 aliphatic heterocycles. The van der Waals surface area contributed by atoms with Gasteiger partial charge >= 0.3 is 0 Å². The van der Waals surface area contributed by atoms with Gasteiger partial charge in [0.25, 0.3) is 23.6 Å². The Morgan fingerprint density at radius 2 is 1.58 bits per heavy atom. The lowest BCUT2D eigenvalue weighted by Gasteiger charge is -2.53. The summed E-state index contributed by atoms with van der Waals surface area (Å²) in [6, 6.07) is 22.3. The number of amides is 6. The third-order valence-corrected chi connectivity index (χ3v) is 13.8. The van der Waals surface area contributed by atoms with Crippen LogP contribution >= 0.6 is 0 Å². The van der Waals surface area contributed by atoms with E-state index in [9.17, 15) is 28.8 Å². The molecule has 7 aliphatic rings. The Hall–Kier alpha value is -6.39. The minimum Gasteiger partial charge on any atom is -0.372 e. The monoisotopic (exact) mass is 839 g/mol. The molecule has 4 unspecified atom stereocenters. The van der Waals surface area contributed by atoms with Gasteiger partial charge in [0, 0.05) is 80.8 Å². The molecule has 3 aromatic carbocycles. The van der Waals surface area contributed by atoms with E-state index in [4.69, 9.17) is 4.74 Å². The largest absolute Gasteiger partial charge is 0.372 e. The fraction of sp³-hybridized carbons (Fsp3) is 0.413. The first-order valence-electron chi connectivity index (χ1n) is 21.6. The van der Waals surface area contributed by atoms with Crippen molar-refractivity contribution in [1.82, 2.24) is 30.2 Å². The third-order valence-electron chi connectivity index (χ3n) is 13.8. The van der Waals surface area contributed by atoms with E-state index in [2.05, 4.69) is 35.5 Å². The standard InChI is InChI=1S/C46H49N9O7/c1-62-40(28-5-3-2-4-6-28)46(61)53-25-36-37(26-53)49-50-41(36)48-42(57)29-7-9-30(10-8-29)51-19-17-27(18-20-51)22-52-23-33-12-11-32(52)24-54(33)31-13-14-34-35(21-31)45(60)55(44(34)59)38-15-16-39(56)47-43(38)58/h2-10,13-14,21,27,32-33,38,40H,11-12,15-20,22-26H2,1H3,(H,47,56,58)(H2,48,49,50,57). The van der Waals surface area contributed by atoms with E-state index in [0.717, 1.165) is 91.5 Å². The van der Waals surface area contributed by atoms with Crippen LogP contribution in [-0.2, 0) is 32.2 Å². The molecule has 16 heteroatoms. The number of nitrogens with one attached hydrogen (secondary N) is 3. The highest BCUT2D eigenvalue weighted by Crippen LogP contribution is 2.38. The fourth-order valence-electron chi connectivity index (χ4n) is 10.4. The number of benzene rings is 3. The Bertz CT molecular complexity index is 2450. The van der Waals surface area contributed by atoms with E-state index in [0.29, 0.717) is 53.6 Å². The highest BCUT2D eigenvalue weighted by atomic mass is 16.5. The first-order chi connectivity index (χ1) is 30.1. The Kier molecular flexibility index (Phi) is 10.3. The second-order valence-electron chi connectivity index (χ2n) is 17.3. The highest BCUT2D eigenvalue weighted by molar-refractivity contribution is 6.23. The van der Waals surface area contributed by atoms with Gasteiger partial charge in [-0.05, 0) is 86.1 Å². The normalized spacial score (nSPS) is 23.1. The van der Waals surface area contributed by atoms with Gasteiger partial charge in [-0.15, -0.1) is 0 Å². The van der Waals surface area contributed by atoms with E-state index in [-0.39, 0.29) is 24.7 Å². The number of anilines is 3. The number of piperidine rings is 4. The van der Waals surface area contributed by atoms with Crippen LogP contribution in [0.15, 0.2) is 72.8 Å². The summed E-state index contributed by atoms with van der Waals surface area (Å²) in [6.07, 6.45) is 3.84. The number of aromatic nitrogens is 2. The molecule has 0 saturated carbocycles. The van der Waals surface area contributed by atoms with Gasteiger partial charge < -0.3 is 24.8 Å². The van der Waals surface area contributed by atoms with Gasteiger partial charge in [-0.2, -0.15) is 5.10 Å². The molecule has 4 atom stereocenters. The number of aromatic amines is 1. The molecule has 320 valence electrons. The van der Waals surface area contributed by atoms with Crippen LogP contribution in [0.2, 0.25) is 0 Å². The number of carbonyl (C=O) groups is 6. The van der Waals surface area contributed by atoms with E-state index >= 15 is 0 Å². The number of rotatable bonds is 10. The van der Waals surface area contributed by atoms with Crippen molar-refractivity contribution in [3.8, 4) is 0 Å². The first-order valence-corrected chi connectivity index (χ1v) is 21.6. The van der Waals surface area contributed by atoms with Crippen LogP contribution in [0.25, 0.3) is 0 Å². The molecule has 8 heterocycles. The van der Waals surface area contributed by atoms with Crippen molar-refractivity contribution in [1.29, 1.82) is 0 Å². The predicted molar refractivity (Wildman–Crippen MR) is 227 cm³/mol. The van der Waals surface area contributed by atoms with Gasteiger partial charge in [0.1, 0.15) is 6.04 Å². The van der Waals surface area contributed by atoms with Crippen molar-refractivity contribution in [2.45, 2.75) is 75.8 Å². The number of H-pyrrole nitrogens is 1. The molecule has 2 bridgehead atoms. The molecule has 5 saturated heterocycles. The molecule has 0 aliphatic carbocycles. The maximum atomic E-state index is 13.5. The van der Waals surface area contributed by atoms with Crippen molar-refractivity contribution >= 4 is 52.6 Å². The van der Waals surface area contributed by atoms with E-state index in [1.807, 2.05) is 66.7 Å². The molecule has 62 heavy (non-hydrogen) atoms. The molecule has 6 amide bonds. The number of imide groups is 2. The van der Waals surface area contributed by atoms with Gasteiger partial charge in [0.15, 0.2) is 11.9 Å². The van der Waals surface area contributed by atoms with Crippen LogP contribution in [0.5, 0.6) is 0 Å². The topological polar surface area (TPSA) is 181 Å². The molecular formula is C46H49N9O7. The summed E-state index contributed by atoms with van der Waals surface area (Å²) >= 11 is 0. The molecule has 16 nitrogen and oxygen atoms in total.